The van der Waals surface area contributed by atoms with Crippen molar-refractivity contribution in [3.63, 3.8) is 0 Å². The molecule has 0 aromatic heterocycles. The van der Waals surface area contributed by atoms with Crippen LogP contribution in [0, 0.1) is 5.41 Å². The lowest BCUT2D eigenvalue weighted by Gasteiger charge is -2.32. The molecule has 0 heterocycles. The SMILES string of the molecule is CC(O)CCC(NC(=O)OC(C)(C)C)C(C)(C)C. The van der Waals surface area contributed by atoms with Crippen molar-refractivity contribution in [2.24, 2.45) is 5.41 Å². The Morgan fingerprint density at radius 2 is 1.67 bits per heavy atom. The second-order valence-electron chi connectivity index (χ2n) is 6.99. The molecule has 0 spiro atoms. The van der Waals surface area contributed by atoms with E-state index < -0.39 is 11.7 Å². The van der Waals surface area contributed by atoms with Gasteiger partial charge < -0.3 is 15.2 Å². The highest BCUT2D eigenvalue weighted by molar-refractivity contribution is 5.68. The summed E-state index contributed by atoms with van der Waals surface area (Å²) in [6.07, 6.45) is 0.654. The number of hydrogen-bond donors (Lipinski definition) is 2. The van der Waals surface area contributed by atoms with E-state index in [2.05, 4.69) is 26.1 Å². The van der Waals surface area contributed by atoms with Crippen LogP contribution in [0.5, 0.6) is 0 Å². The zero-order valence-corrected chi connectivity index (χ0v) is 12.8. The van der Waals surface area contributed by atoms with Crippen molar-refractivity contribution in [3.8, 4) is 0 Å². The monoisotopic (exact) mass is 259 g/mol. The molecule has 4 heteroatoms. The number of aliphatic hydroxyl groups is 1. The Bertz CT molecular complexity index is 261. The molecule has 0 aliphatic rings. The van der Waals surface area contributed by atoms with Crippen LogP contribution < -0.4 is 5.32 Å². The van der Waals surface area contributed by atoms with Gasteiger partial charge in [-0.05, 0) is 46.0 Å². The molecule has 0 aliphatic carbocycles. The van der Waals surface area contributed by atoms with Crippen molar-refractivity contribution in [2.45, 2.75) is 79.1 Å². The molecule has 2 N–H and O–H groups in total. The fourth-order valence-electron chi connectivity index (χ4n) is 1.58. The maximum Gasteiger partial charge on any atom is 0.407 e. The van der Waals surface area contributed by atoms with Gasteiger partial charge in [0.1, 0.15) is 5.60 Å². The number of aliphatic hydroxyl groups excluding tert-OH is 1. The Morgan fingerprint density at radius 3 is 2.00 bits per heavy atom. The third kappa shape index (κ3) is 8.34. The first-order valence-electron chi connectivity index (χ1n) is 6.59. The summed E-state index contributed by atoms with van der Waals surface area (Å²) in [6, 6.07) is -0.0121. The molecule has 4 nitrogen and oxygen atoms in total. The Kier molecular flexibility index (Phi) is 6.14. The number of carbonyl (C=O) groups is 1. The summed E-state index contributed by atoms with van der Waals surface area (Å²) in [5.74, 6) is 0. The molecule has 0 saturated carbocycles. The van der Waals surface area contributed by atoms with Gasteiger partial charge >= 0.3 is 6.09 Å². The van der Waals surface area contributed by atoms with Gasteiger partial charge in [-0.15, -0.1) is 0 Å². The van der Waals surface area contributed by atoms with Gasteiger partial charge in [0.2, 0.25) is 0 Å². The van der Waals surface area contributed by atoms with E-state index >= 15 is 0 Å². The predicted molar refractivity (Wildman–Crippen MR) is 73.5 cm³/mol. The summed E-state index contributed by atoms with van der Waals surface area (Å²) in [5.41, 5.74) is -0.553. The van der Waals surface area contributed by atoms with Crippen molar-refractivity contribution < 1.29 is 14.6 Å². The lowest BCUT2D eigenvalue weighted by Crippen LogP contribution is -2.46. The number of rotatable bonds is 4. The summed E-state index contributed by atoms with van der Waals surface area (Å²) in [7, 11) is 0. The molecule has 0 radical (unpaired) electrons. The van der Waals surface area contributed by atoms with Crippen LogP contribution in [0.25, 0.3) is 0 Å². The van der Waals surface area contributed by atoms with Crippen molar-refractivity contribution in [2.75, 3.05) is 0 Å². The van der Waals surface area contributed by atoms with Crippen LogP contribution in [0.4, 0.5) is 4.79 Å². The van der Waals surface area contributed by atoms with E-state index in [1.807, 2.05) is 20.8 Å². The summed E-state index contributed by atoms with van der Waals surface area (Å²) in [5, 5.41) is 12.2. The third-order valence-electron chi connectivity index (χ3n) is 2.61. The largest absolute Gasteiger partial charge is 0.444 e. The minimum atomic E-state index is -0.489. The van der Waals surface area contributed by atoms with Crippen LogP contribution in [-0.2, 0) is 4.74 Å². The van der Waals surface area contributed by atoms with E-state index in [4.69, 9.17) is 4.74 Å². The number of carbonyl (C=O) groups excluding carboxylic acids is 1. The van der Waals surface area contributed by atoms with E-state index in [1.54, 1.807) is 6.92 Å². The van der Waals surface area contributed by atoms with Crippen molar-refractivity contribution in [3.05, 3.63) is 0 Å². The highest BCUT2D eigenvalue weighted by atomic mass is 16.6. The topological polar surface area (TPSA) is 58.6 Å². The number of nitrogens with one attached hydrogen (secondary N) is 1. The molecule has 18 heavy (non-hydrogen) atoms. The average Bonchev–Trinajstić information content (AvgIpc) is 2.06. The molecule has 0 aromatic rings. The maximum atomic E-state index is 11.8. The smallest absolute Gasteiger partial charge is 0.407 e. The van der Waals surface area contributed by atoms with E-state index in [1.165, 1.54) is 0 Å². The first kappa shape index (κ1) is 17.2. The molecular weight excluding hydrogens is 230 g/mol. The molecule has 0 aliphatic heterocycles. The summed E-state index contributed by atoms with van der Waals surface area (Å²) in [6.45, 7) is 13.5. The molecule has 0 bridgehead atoms. The second kappa shape index (κ2) is 6.41. The molecule has 2 unspecified atom stereocenters. The summed E-state index contributed by atoms with van der Waals surface area (Å²) < 4.78 is 5.26. The summed E-state index contributed by atoms with van der Waals surface area (Å²) in [4.78, 5) is 11.8. The zero-order chi connectivity index (χ0) is 14.6. The first-order chi connectivity index (χ1) is 7.92. The quantitative estimate of drug-likeness (QED) is 0.815. The normalized spacial score (nSPS) is 16.0. The van der Waals surface area contributed by atoms with E-state index in [0.717, 1.165) is 6.42 Å². The highest BCUT2D eigenvalue weighted by Gasteiger charge is 2.28. The lowest BCUT2D eigenvalue weighted by atomic mass is 9.83. The highest BCUT2D eigenvalue weighted by Crippen LogP contribution is 2.24. The molecule has 0 saturated heterocycles. The fraction of sp³-hybridized carbons (Fsp3) is 0.929. The lowest BCUT2D eigenvalue weighted by molar-refractivity contribution is 0.0448. The van der Waals surface area contributed by atoms with Gasteiger partial charge in [-0.1, -0.05) is 20.8 Å². The van der Waals surface area contributed by atoms with Gasteiger partial charge in [0.05, 0.1) is 6.10 Å². The molecule has 0 aromatic carbocycles. The third-order valence-corrected chi connectivity index (χ3v) is 2.61. The van der Waals surface area contributed by atoms with Crippen LogP contribution in [0.1, 0.15) is 61.3 Å². The minimum Gasteiger partial charge on any atom is -0.444 e. The zero-order valence-electron chi connectivity index (χ0n) is 12.8. The van der Waals surface area contributed by atoms with Crippen LogP contribution in [0.15, 0.2) is 0 Å². The molecule has 0 fully saturated rings. The minimum absolute atomic E-state index is 0.0121. The van der Waals surface area contributed by atoms with E-state index in [0.29, 0.717) is 6.42 Å². The van der Waals surface area contributed by atoms with Gasteiger partial charge in [-0.3, -0.25) is 0 Å². The molecule has 0 rings (SSSR count). The van der Waals surface area contributed by atoms with Crippen LogP contribution in [0.2, 0.25) is 0 Å². The second-order valence-corrected chi connectivity index (χ2v) is 6.99. The Labute approximate surface area is 111 Å². The van der Waals surface area contributed by atoms with Gasteiger partial charge in [0.15, 0.2) is 0 Å². The Balaban J connectivity index is 4.46. The first-order valence-corrected chi connectivity index (χ1v) is 6.59. The molecule has 2 atom stereocenters. The van der Waals surface area contributed by atoms with Crippen molar-refractivity contribution in [1.29, 1.82) is 0 Å². The van der Waals surface area contributed by atoms with Crippen LogP contribution >= 0.6 is 0 Å². The van der Waals surface area contributed by atoms with Crippen LogP contribution in [-0.4, -0.2) is 28.9 Å². The average molecular weight is 259 g/mol. The summed E-state index contributed by atoms with van der Waals surface area (Å²) >= 11 is 0. The van der Waals surface area contributed by atoms with E-state index in [-0.39, 0.29) is 17.6 Å². The number of amides is 1. The fourth-order valence-corrected chi connectivity index (χ4v) is 1.58. The van der Waals surface area contributed by atoms with Gasteiger partial charge in [-0.2, -0.15) is 0 Å². The molecular formula is C14H29NO3. The Morgan fingerprint density at radius 1 is 1.17 bits per heavy atom. The van der Waals surface area contributed by atoms with Crippen LogP contribution in [0.3, 0.4) is 0 Å². The van der Waals surface area contributed by atoms with Crippen molar-refractivity contribution in [1.82, 2.24) is 5.32 Å². The number of alkyl carbamates (subject to hydrolysis) is 1. The maximum absolute atomic E-state index is 11.8. The van der Waals surface area contributed by atoms with Crippen molar-refractivity contribution >= 4 is 6.09 Å². The predicted octanol–water partition coefficient (Wildman–Crippen LogP) is 3.09. The molecule has 108 valence electrons. The van der Waals surface area contributed by atoms with E-state index in [9.17, 15) is 9.90 Å². The number of ether oxygens (including phenoxy) is 1. The van der Waals surface area contributed by atoms with Gasteiger partial charge in [0.25, 0.3) is 0 Å². The Hall–Kier alpha value is -0.770. The molecule has 1 amide bonds. The van der Waals surface area contributed by atoms with Gasteiger partial charge in [-0.25, -0.2) is 4.79 Å². The standard InChI is InChI=1S/C14H29NO3/c1-10(16)8-9-11(13(2,3)4)15-12(17)18-14(5,6)7/h10-11,16H,8-9H2,1-7H3,(H,15,17). The number of hydrogen-bond acceptors (Lipinski definition) is 3. The van der Waals surface area contributed by atoms with Gasteiger partial charge in [0, 0.05) is 6.04 Å².